The Morgan fingerprint density at radius 3 is 2.30 bits per heavy atom. The van der Waals surface area contributed by atoms with E-state index in [1.54, 1.807) is 0 Å². The van der Waals surface area contributed by atoms with E-state index in [0.717, 1.165) is 24.3 Å². The Morgan fingerprint density at radius 1 is 1.04 bits per heavy atom. The normalized spacial score (nSPS) is 11.8. The lowest BCUT2D eigenvalue weighted by Gasteiger charge is -2.13. The number of para-hydroxylation sites is 1. The number of benzene rings is 2. The van der Waals surface area contributed by atoms with Crippen LogP contribution in [-0.2, 0) is 11.0 Å². The molecule has 0 saturated heterocycles. The largest absolute Gasteiger partial charge is 0.418 e. The van der Waals surface area contributed by atoms with Gasteiger partial charge in [0.2, 0.25) is 5.91 Å². The summed E-state index contributed by atoms with van der Waals surface area (Å²) in [5.41, 5.74) is 1.20. The fourth-order valence-electron chi connectivity index (χ4n) is 2.12. The van der Waals surface area contributed by atoms with E-state index in [9.17, 15) is 27.2 Å². The van der Waals surface area contributed by atoms with Gasteiger partial charge in [0, 0.05) is 11.3 Å². The number of alkyl halides is 3. The number of nitrogens with one attached hydrogen (secondary N) is 2. The standard InChI is InChI=1S/C18H15F4N3O2/c1-11(24-25-17(27)12-6-8-13(19)9-7-12)10-16(26)23-15-5-3-2-4-14(15)18(20,21)22/h2-9H,10H2,1H3,(H,23,26)(H,25,27). The predicted molar refractivity (Wildman–Crippen MR) is 91.7 cm³/mol. The molecule has 0 aliphatic heterocycles. The Morgan fingerprint density at radius 2 is 1.67 bits per heavy atom. The number of carbonyl (C=O) groups excluding carboxylic acids is 2. The second kappa shape index (κ2) is 8.43. The maximum atomic E-state index is 12.9. The van der Waals surface area contributed by atoms with Gasteiger partial charge in [-0.15, -0.1) is 0 Å². The highest BCUT2D eigenvalue weighted by Gasteiger charge is 2.33. The van der Waals surface area contributed by atoms with Crippen molar-refractivity contribution in [3.8, 4) is 0 Å². The number of hydrazone groups is 1. The van der Waals surface area contributed by atoms with Gasteiger partial charge in [-0.05, 0) is 43.3 Å². The van der Waals surface area contributed by atoms with Gasteiger partial charge in [-0.2, -0.15) is 18.3 Å². The summed E-state index contributed by atoms with van der Waals surface area (Å²) in [6, 6.07) is 9.33. The fourth-order valence-corrected chi connectivity index (χ4v) is 2.12. The molecule has 142 valence electrons. The van der Waals surface area contributed by atoms with Crippen LogP contribution in [-0.4, -0.2) is 17.5 Å². The zero-order valence-electron chi connectivity index (χ0n) is 14.1. The van der Waals surface area contributed by atoms with Crippen molar-refractivity contribution in [3.05, 3.63) is 65.5 Å². The van der Waals surface area contributed by atoms with Crippen LogP contribution in [0.5, 0.6) is 0 Å². The third-order valence-corrected chi connectivity index (χ3v) is 3.38. The molecule has 0 aliphatic rings. The van der Waals surface area contributed by atoms with E-state index < -0.39 is 29.4 Å². The topological polar surface area (TPSA) is 70.6 Å². The van der Waals surface area contributed by atoms with Crippen LogP contribution in [0.15, 0.2) is 53.6 Å². The molecule has 9 heteroatoms. The highest BCUT2D eigenvalue weighted by atomic mass is 19.4. The molecular formula is C18H15F4N3O2. The summed E-state index contributed by atoms with van der Waals surface area (Å²) in [4.78, 5) is 23.8. The molecule has 0 aliphatic carbocycles. The summed E-state index contributed by atoms with van der Waals surface area (Å²) in [5.74, 6) is -1.83. The molecule has 2 amide bonds. The van der Waals surface area contributed by atoms with Gasteiger partial charge < -0.3 is 5.32 Å². The summed E-state index contributed by atoms with van der Waals surface area (Å²) in [7, 11) is 0. The van der Waals surface area contributed by atoms with Crippen molar-refractivity contribution >= 4 is 23.2 Å². The van der Waals surface area contributed by atoms with Gasteiger partial charge in [0.1, 0.15) is 5.82 Å². The van der Waals surface area contributed by atoms with E-state index in [2.05, 4.69) is 15.8 Å². The van der Waals surface area contributed by atoms with Crippen LogP contribution in [0.2, 0.25) is 0 Å². The van der Waals surface area contributed by atoms with Crippen LogP contribution in [0.4, 0.5) is 23.2 Å². The molecule has 0 spiro atoms. The number of amides is 2. The smallest absolute Gasteiger partial charge is 0.325 e. The Labute approximate surface area is 152 Å². The second-order valence-electron chi connectivity index (χ2n) is 5.56. The number of carbonyl (C=O) groups is 2. The molecule has 0 radical (unpaired) electrons. The Kier molecular flexibility index (Phi) is 6.27. The van der Waals surface area contributed by atoms with Gasteiger partial charge in [0.05, 0.1) is 17.7 Å². The third kappa shape index (κ3) is 5.91. The van der Waals surface area contributed by atoms with Crippen LogP contribution in [0.1, 0.15) is 29.3 Å². The molecule has 0 saturated carbocycles. The fraction of sp³-hybridized carbons (Fsp3) is 0.167. The first kappa shape index (κ1) is 20.1. The van der Waals surface area contributed by atoms with Gasteiger partial charge >= 0.3 is 6.18 Å². The van der Waals surface area contributed by atoms with Crippen LogP contribution in [0.3, 0.4) is 0 Å². The molecule has 5 nitrogen and oxygen atoms in total. The summed E-state index contributed by atoms with van der Waals surface area (Å²) in [6.45, 7) is 1.43. The van der Waals surface area contributed by atoms with Crippen LogP contribution < -0.4 is 10.7 Å². The van der Waals surface area contributed by atoms with E-state index in [1.807, 2.05) is 0 Å². The molecule has 0 fully saturated rings. The third-order valence-electron chi connectivity index (χ3n) is 3.38. The summed E-state index contributed by atoms with van der Waals surface area (Å²) < 4.78 is 51.5. The van der Waals surface area contributed by atoms with Gasteiger partial charge in [-0.25, -0.2) is 9.82 Å². The Balaban J connectivity index is 1.96. The molecule has 2 aromatic carbocycles. The zero-order chi connectivity index (χ0) is 20.0. The maximum Gasteiger partial charge on any atom is 0.418 e. The first-order valence-electron chi connectivity index (χ1n) is 7.72. The summed E-state index contributed by atoms with van der Waals surface area (Å²) >= 11 is 0. The molecule has 27 heavy (non-hydrogen) atoms. The Hall–Kier alpha value is -3.23. The average Bonchev–Trinajstić information content (AvgIpc) is 2.59. The van der Waals surface area contributed by atoms with Crippen molar-refractivity contribution in [1.29, 1.82) is 0 Å². The minimum Gasteiger partial charge on any atom is -0.325 e. The SMILES string of the molecule is CC(CC(=O)Nc1ccccc1C(F)(F)F)=NNC(=O)c1ccc(F)cc1. The Bertz CT molecular complexity index is 862. The molecule has 0 atom stereocenters. The molecule has 0 heterocycles. The quantitative estimate of drug-likeness (QED) is 0.467. The maximum absolute atomic E-state index is 12.9. The lowest BCUT2D eigenvalue weighted by Crippen LogP contribution is -2.22. The summed E-state index contributed by atoms with van der Waals surface area (Å²) in [6.07, 6.45) is -4.92. The number of nitrogens with zero attached hydrogens (tertiary/aromatic N) is 1. The van der Waals surface area contributed by atoms with Crippen molar-refractivity contribution in [1.82, 2.24) is 5.43 Å². The monoisotopic (exact) mass is 381 g/mol. The van der Waals surface area contributed by atoms with Gasteiger partial charge in [0.25, 0.3) is 5.91 Å². The zero-order valence-corrected chi connectivity index (χ0v) is 14.1. The summed E-state index contributed by atoms with van der Waals surface area (Å²) in [5, 5.41) is 5.90. The van der Waals surface area contributed by atoms with Crippen molar-refractivity contribution in [2.75, 3.05) is 5.32 Å². The number of hydrogen-bond acceptors (Lipinski definition) is 3. The van der Waals surface area contributed by atoms with Crippen molar-refractivity contribution < 1.29 is 27.2 Å². The minimum absolute atomic E-state index is 0.163. The molecule has 0 unspecified atom stereocenters. The average molecular weight is 381 g/mol. The number of rotatable bonds is 5. The number of hydrogen-bond donors (Lipinski definition) is 2. The van der Waals surface area contributed by atoms with Crippen LogP contribution >= 0.6 is 0 Å². The predicted octanol–water partition coefficient (Wildman–Crippen LogP) is 3.98. The number of halogens is 4. The van der Waals surface area contributed by atoms with Crippen molar-refractivity contribution in [3.63, 3.8) is 0 Å². The molecular weight excluding hydrogens is 366 g/mol. The van der Waals surface area contributed by atoms with E-state index in [4.69, 9.17) is 0 Å². The van der Waals surface area contributed by atoms with Crippen molar-refractivity contribution in [2.45, 2.75) is 19.5 Å². The van der Waals surface area contributed by atoms with Crippen molar-refractivity contribution in [2.24, 2.45) is 5.10 Å². The second-order valence-corrected chi connectivity index (χ2v) is 5.56. The highest BCUT2D eigenvalue weighted by Crippen LogP contribution is 2.34. The van der Waals surface area contributed by atoms with Gasteiger partial charge in [-0.1, -0.05) is 12.1 Å². The number of anilines is 1. The van der Waals surface area contributed by atoms with Crippen LogP contribution in [0.25, 0.3) is 0 Å². The van der Waals surface area contributed by atoms with E-state index >= 15 is 0 Å². The molecule has 2 rings (SSSR count). The first-order chi connectivity index (χ1) is 12.7. The molecule has 2 aromatic rings. The highest BCUT2D eigenvalue weighted by molar-refractivity contribution is 6.06. The molecule has 0 aromatic heterocycles. The first-order valence-corrected chi connectivity index (χ1v) is 7.72. The van der Waals surface area contributed by atoms with Gasteiger partial charge in [-0.3, -0.25) is 9.59 Å². The van der Waals surface area contributed by atoms with Crippen LogP contribution in [0, 0.1) is 5.82 Å². The van der Waals surface area contributed by atoms with E-state index in [0.29, 0.717) is 0 Å². The minimum atomic E-state index is -4.60. The molecule has 0 bridgehead atoms. The van der Waals surface area contributed by atoms with E-state index in [1.165, 1.54) is 31.2 Å². The lowest BCUT2D eigenvalue weighted by molar-refractivity contribution is -0.137. The van der Waals surface area contributed by atoms with Gasteiger partial charge in [0.15, 0.2) is 0 Å². The van der Waals surface area contributed by atoms with E-state index in [-0.39, 0.29) is 23.4 Å². The molecule has 2 N–H and O–H groups in total. The lowest BCUT2D eigenvalue weighted by atomic mass is 10.1.